The van der Waals surface area contributed by atoms with Crippen molar-refractivity contribution in [2.45, 2.75) is 12.8 Å². The predicted octanol–water partition coefficient (Wildman–Crippen LogP) is 12.0. The smallest absolute Gasteiger partial charge is 0.0534 e. The Morgan fingerprint density at radius 1 is 0.500 bits per heavy atom. The van der Waals surface area contributed by atoms with Crippen molar-refractivity contribution in [3.63, 3.8) is 0 Å². The minimum Gasteiger partial charge on any atom is -0.317 e. The van der Waals surface area contributed by atoms with Gasteiger partial charge >= 0.3 is 0 Å². The number of anilines is 2. The van der Waals surface area contributed by atoms with Crippen LogP contribution in [0.5, 0.6) is 0 Å². The first kappa shape index (κ1) is 27.7. The summed E-state index contributed by atoms with van der Waals surface area (Å²) in [7, 11) is 0. The molecule has 0 saturated heterocycles. The second-order valence-corrected chi connectivity index (χ2v) is 11.7. The Morgan fingerprint density at radius 2 is 1.17 bits per heavy atom. The van der Waals surface area contributed by atoms with Crippen LogP contribution in [-0.4, -0.2) is 4.57 Å². The number of fused-ring (bicyclic) bond motifs is 1. The number of aromatic nitrogens is 1. The van der Waals surface area contributed by atoms with Crippen molar-refractivity contribution in [3.8, 4) is 39.1 Å². The highest BCUT2D eigenvalue weighted by Crippen LogP contribution is 2.42. The third-order valence-corrected chi connectivity index (χ3v) is 8.92. The molecule has 0 aliphatic heterocycles. The number of allylic oxidation sites excluding steroid dienone is 4. The zero-order valence-corrected chi connectivity index (χ0v) is 25.6. The summed E-state index contributed by atoms with van der Waals surface area (Å²) < 4.78 is 2.28. The fraction of sp³-hybridized carbons (Fsp3) is 0.0455. The third kappa shape index (κ3) is 5.25. The second-order valence-electron chi connectivity index (χ2n) is 11.7. The summed E-state index contributed by atoms with van der Waals surface area (Å²) in [5.74, 6) is 0. The van der Waals surface area contributed by atoms with Gasteiger partial charge in [0.1, 0.15) is 0 Å². The molecule has 0 spiro atoms. The van der Waals surface area contributed by atoms with Crippen molar-refractivity contribution in [2.75, 3.05) is 4.90 Å². The molecular weight excluding hydrogens is 556 g/mol. The lowest BCUT2D eigenvalue weighted by Gasteiger charge is -2.30. The van der Waals surface area contributed by atoms with E-state index in [1.807, 2.05) is 0 Å². The van der Waals surface area contributed by atoms with Gasteiger partial charge in [0.15, 0.2) is 0 Å². The number of hydrogen-bond acceptors (Lipinski definition) is 1. The Kier molecular flexibility index (Phi) is 7.38. The summed E-state index contributed by atoms with van der Waals surface area (Å²) in [6, 6.07) is 56.8. The van der Waals surface area contributed by atoms with Crippen LogP contribution in [0.15, 0.2) is 188 Å². The lowest BCUT2D eigenvalue weighted by Crippen LogP contribution is -2.17. The van der Waals surface area contributed by atoms with E-state index in [1.54, 1.807) is 0 Å². The Bertz CT molecular complexity index is 2170. The van der Waals surface area contributed by atoms with Crippen LogP contribution in [0.3, 0.4) is 0 Å². The molecule has 2 heteroatoms. The van der Waals surface area contributed by atoms with Gasteiger partial charge in [0.25, 0.3) is 0 Å². The molecule has 0 atom stereocenters. The van der Waals surface area contributed by atoms with Crippen LogP contribution in [-0.2, 0) is 0 Å². The molecule has 46 heavy (non-hydrogen) atoms. The Hall–Kier alpha value is -5.86. The summed E-state index contributed by atoms with van der Waals surface area (Å²) in [5, 5.41) is 1.24. The molecule has 1 aliphatic rings. The van der Waals surface area contributed by atoms with Crippen LogP contribution < -0.4 is 4.90 Å². The maximum Gasteiger partial charge on any atom is 0.0534 e. The molecule has 1 aliphatic carbocycles. The van der Waals surface area contributed by atoms with Gasteiger partial charge in [0, 0.05) is 34.3 Å². The first-order chi connectivity index (χ1) is 22.8. The molecule has 0 bridgehead atoms. The van der Waals surface area contributed by atoms with E-state index in [0.717, 1.165) is 29.9 Å². The Morgan fingerprint density at radius 3 is 1.89 bits per heavy atom. The Labute approximate surface area is 270 Å². The van der Waals surface area contributed by atoms with Crippen molar-refractivity contribution in [3.05, 3.63) is 188 Å². The highest BCUT2D eigenvalue weighted by Gasteiger charge is 2.19. The lowest BCUT2D eigenvalue weighted by atomic mass is 9.91. The number of nitrogens with zero attached hydrogens (tertiary/aromatic N) is 2. The fourth-order valence-electron chi connectivity index (χ4n) is 6.67. The highest BCUT2D eigenvalue weighted by molar-refractivity contribution is 6.01. The SMILES string of the molecule is C1=CCCC(N(c2ccc(-c3ccccc3)cc2)c2ccc(-c3cccc4c3ccn4-c3ccccc3)c(-c3ccccc3)c2)=C1. The molecule has 2 nitrogen and oxygen atoms in total. The third-order valence-electron chi connectivity index (χ3n) is 8.92. The van der Waals surface area contributed by atoms with E-state index >= 15 is 0 Å². The van der Waals surface area contributed by atoms with Crippen LogP contribution in [0.1, 0.15) is 12.8 Å². The van der Waals surface area contributed by atoms with Crippen LogP contribution >= 0.6 is 0 Å². The predicted molar refractivity (Wildman–Crippen MR) is 195 cm³/mol. The van der Waals surface area contributed by atoms with Gasteiger partial charge in [0.05, 0.1) is 5.52 Å². The molecular formula is C44H34N2. The van der Waals surface area contributed by atoms with Gasteiger partial charge in [-0.1, -0.05) is 121 Å². The zero-order chi connectivity index (χ0) is 30.7. The zero-order valence-electron chi connectivity index (χ0n) is 25.6. The standard InChI is InChI=1S/C44H34N2/c1-5-14-33(15-6-1)34-24-26-38(27-25-34)46(37-20-11-4-12-21-37)39-28-29-41(43(32-39)35-16-7-2-8-17-35)40-22-13-23-44-42(40)30-31-45(44)36-18-9-3-10-19-36/h1-11,13-20,22-32H,12,21H2. The molecule has 1 heterocycles. The van der Waals surface area contributed by atoms with E-state index in [9.17, 15) is 0 Å². The number of benzene rings is 6. The van der Waals surface area contributed by atoms with Crippen molar-refractivity contribution in [1.29, 1.82) is 0 Å². The van der Waals surface area contributed by atoms with Gasteiger partial charge in [-0.3, -0.25) is 0 Å². The quantitative estimate of drug-likeness (QED) is 0.179. The van der Waals surface area contributed by atoms with Crippen molar-refractivity contribution in [2.24, 2.45) is 0 Å². The maximum absolute atomic E-state index is 2.43. The van der Waals surface area contributed by atoms with Crippen LogP contribution in [0.4, 0.5) is 11.4 Å². The van der Waals surface area contributed by atoms with Crippen molar-refractivity contribution >= 4 is 22.3 Å². The second kappa shape index (κ2) is 12.3. The molecule has 1 aromatic heterocycles. The number of hydrogen-bond donors (Lipinski definition) is 0. The van der Waals surface area contributed by atoms with E-state index in [0.29, 0.717) is 0 Å². The molecule has 7 aromatic rings. The van der Waals surface area contributed by atoms with Gasteiger partial charge in [-0.05, 0) is 101 Å². The van der Waals surface area contributed by atoms with E-state index in [2.05, 4.69) is 192 Å². The number of para-hydroxylation sites is 1. The summed E-state index contributed by atoms with van der Waals surface area (Å²) in [5.41, 5.74) is 13.3. The molecule has 0 fully saturated rings. The van der Waals surface area contributed by atoms with Gasteiger partial charge in [-0.2, -0.15) is 0 Å². The average molecular weight is 591 g/mol. The molecule has 0 radical (unpaired) electrons. The van der Waals surface area contributed by atoms with Crippen LogP contribution in [0.25, 0.3) is 50.0 Å². The highest BCUT2D eigenvalue weighted by atomic mass is 15.1. The minimum absolute atomic E-state index is 0.992. The Balaban J connectivity index is 1.28. The van der Waals surface area contributed by atoms with E-state index in [1.165, 1.54) is 50.0 Å². The van der Waals surface area contributed by atoms with Gasteiger partial charge in [-0.25, -0.2) is 0 Å². The van der Waals surface area contributed by atoms with Gasteiger partial charge < -0.3 is 9.47 Å². The molecule has 6 aromatic carbocycles. The van der Waals surface area contributed by atoms with E-state index < -0.39 is 0 Å². The lowest BCUT2D eigenvalue weighted by molar-refractivity contribution is 0.918. The average Bonchev–Trinajstić information content (AvgIpc) is 3.58. The van der Waals surface area contributed by atoms with Crippen LogP contribution in [0.2, 0.25) is 0 Å². The summed E-state index contributed by atoms with van der Waals surface area (Å²) in [6.45, 7) is 0. The van der Waals surface area contributed by atoms with Crippen LogP contribution in [0, 0.1) is 0 Å². The number of rotatable bonds is 7. The molecule has 0 N–H and O–H groups in total. The monoisotopic (exact) mass is 590 g/mol. The van der Waals surface area contributed by atoms with E-state index in [-0.39, 0.29) is 0 Å². The first-order valence-corrected chi connectivity index (χ1v) is 16.0. The molecule has 0 saturated carbocycles. The van der Waals surface area contributed by atoms with Crippen molar-refractivity contribution in [1.82, 2.24) is 4.57 Å². The first-order valence-electron chi connectivity index (χ1n) is 16.0. The molecule has 8 rings (SSSR count). The maximum atomic E-state index is 2.43. The molecule has 0 unspecified atom stereocenters. The van der Waals surface area contributed by atoms with Gasteiger partial charge in [0.2, 0.25) is 0 Å². The fourth-order valence-corrected chi connectivity index (χ4v) is 6.67. The van der Waals surface area contributed by atoms with E-state index in [4.69, 9.17) is 0 Å². The summed E-state index contributed by atoms with van der Waals surface area (Å²) in [4.78, 5) is 2.43. The largest absolute Gasteiger partial charge is 0.317 e. The van der Waals surface area contributed by atoms with Crippen molar-refractivity contribution < 1.29 is 0 Å². The van der Waals surface area contributed by atoms with Gasteiger partial charge in [-0.15, -0.1) is 0 Å². The summed E-state index contributed by atoms with van der Waals surface area (Å²) in [6.07, 6.45) is 10.9. The normalized spacial score (nSPS) is 12.7. The molecule has 0 amide bonds. The molecule has 220 valence electrons. The summed E-state index contributed by atoms with van der Waals surface area (Å²) >= 11 is 0. The minimum atomic E-state index is 0.992. The topological polar surface area (TPSA) is 8.17 Å².